The Balaban J connectivity index is 2.08. The summed E-state index contributed by atoms with van der Waals surface area (Å²) in [6.45, 7) is 3.75. The lowest BCUT2D eigenvalue weighted by molar-refractivity contribution is 0.392. The minimum atomic E-state index is -0.564. The molecule has 0 saturated carbocycles. The zero-order valence-electron chi connectivity index (χ0n) is 17.6. The Labute approximate surface area is 181 Å². The number of rotatable bonds is 5. The van der Waals surface area contributed by atoms with Gasteiger partial charge < -0.3 is 9.47 Å². The Bertz CT molecular complexity index is 1420. The van der Waals surface area contributed by atoms with Gasteiger partial charge in [-0.15, -0.1) is 11.3 Å². The van der Waals surface area contributed by atoms with E-state index in [1.165, 1.54) is 36.2 Å². The molecule has 0 saturated heterocycles. The fourth-order valence-electron chi connectivity index (χ4n) is 3.58. The van der Waals surface area contributed by atoms with Gasteiger partial charge in [0, 0.05) is 16.5 Å². The largest absolute Gasteiger partial charge is 0.497 e. The highest BCUT2D eigenvalue weighted by Gasteiger charge is 2.22. The topological polar surface area (TPSA) is 62.5 Å². The van der Waals surface area contributed by atoms with Crippen LogP contribution in [-0.2, 0) is 6.54 Å². The van der Waals surface area contributed by atoms with Crippen LogP contribution in [0.3, 0.4) is 0 Å². The van der Waals surface area contributed by atoms with Crippen LogP contribution >= 0.6 is 11.3 Å². The Morgan fingerprint density at radius 3 is 2.45 bits per heavy atom. The second-order valence-corrected chi connectivity index (χ2v) is 8.31. The fraction of sp³-hybridized carbons (Fsp3) is 0.217. The number of ether oxygens (including phenoxy) is 2. The average Bonchev–Trinajstić information content (AvgIpc) is 3.07. The second kappa shape index (κ2) is 8.03. The summed E-state index contributed by atoms with van der Waals surface area (Å²) in [6, 6.07) is 11.2. The molecular formula is C23H21FN2O4S. The van der Waals surface area contributed by atoms with Crippen LogP contribution in [0.2, 0.25) is 0 Å². The lowest BCUT2D eigenvalue weighted by atomic mass is 10.2. The maximum Gasteiger partial charge on any atom is 0.337 e. The molecule has 0 unspecified atom stereocenters. The predicted molar refractivity (Wildman–Crippen MR) is 120 cm³/mol. The number of hydrogen-bond donors (Lipinski definition) is 0. The molecule has 4 rings (SSSR count). The lowest BCUT2D eigenvalue weighted by Gasteiger charge is -2.15. The number of methoxy groups -OCH3 is 2. The van der Waals surface area contributed by atoms with Crippen LogP contribution < -0.4 is 20.7 Å². The molecule has 31 heavy (non-hydrogen) atoms. The first kappa shape index (κ1) is 20.9. The second-order valence-electron chi connectivity index (χ2n) is 7.10. The quantitative estimate of drug-likeness (QED) is 0.470. The monoisotopic (exact) mass is 440 g/mol. The summed E-state index contributed by atoms with van der Waals surface area (Å²) in [7, 11) is 2.98. The summed E-state index contributed by atoms with van der Waals surface area (Å²) in [5, 5.41) is 0.441. The van der Waals surface area contributed by atoms with Gasteiger partial charge >= 0.3 is 5.69 Å². The van der Waals surface area contributed by atoms with Crippen molar-refractivity contribution in [3.05, 3.63) is 85.1 Å². The average molecular weight is 440 g/mol. The summed E-state index contributed by atoms with van der Waals surface area (Å²) >= 11 is 1.35. The van der Waals surface area contributed by atoms with E-state index in [-0.39, 0.29) is 6.54 Å². The number of aromatic nitrogens is 2. The van der Waals surface area contributed by atoms with Crippen LogP contribution in [0.4, 0.5) is 4.39 Å². The standard InChI is InChI=1S/C23H21FN2O4S/c1-13-14(2)31-22-20(13)21(27)26(18-10-9-16(29-3)11-19(18)30-4)23(28)25(22)12-15-7-5-6-8-17(15)24/h5-11H,12H2,1-4H3. The smallest absolute Gasteiger partial charge is 0.337 e. The van der Waals surface area contributed by atoms with E-state index < -0.39 is 17.1 Å². The van der Waals surface area contributed by atoms with Crippen molar-refractivity contribution < 1.29 is 13.9 Å². The summed E-state index contributed by atoms with van der Waals surface area (Å²) in [5.41, 5.74) is 0.460. The van der Waals surface area contributed by atoms with Crippen molar-refractivity contribution in [2.75, 3.05) is 14.2 Å². The zero-order chi connectivity index (χ0) is 22.3. The van der Waals surface area contributed by atoms with Crippen LogP contribution in [0, 0.1) is 19.7 Å². The summed E-state index contributed by atoms with van der Waals surface area (Å²) < 4.78 is 27.6. The third-order valence-corrected chi connectivity index (χ3v) is 6.60. The number of aryl methyl sites for hydroxylation is 2. The molecule has 0 aliphatic heterocycles. The molecule has 0 N–H and O–H groups in total. The van der Waals surface area contributed by atoms with E-state index in [2.05, 4.69) is 0 Å². The van der Waals surface area contributed by atoms with Gasteiger partial charge in [-0.3, -0.25) is 9.36 Å². The molecule has 8 heteroatoms. The van der Waals surface area contributed by atoms with Crippen molar-refractivity contribution in [1.29, 1.82) is 0 Å². The zero-order valence-corrected chi connectivity index (χ0v) is 18.4. The van der Waals surface area contributed by atoms with E-state index >= 15 is 0 Å². The van der Waals surface area contributed by atoms with Crippen molar-refractivity contribution in [3.8, 4) is 17.2 Å². The number of nitrogens with zero attached hydrogens (tertiary/aromatic N) is 2. The highest BCUT2D eigenvalue weighted by atomic mass is 32.1. The van der Waals surface area contributed by atoms with Crippen LogP contribution in [-0.4, -0.2) is 23.4 Å². The summed E-state index contributed by atoms with van der Waals surface area (Å²) in [4.78, 5) is 28.5. The molecule has 0 fully saturated rings. The van der Waals surface area contributed by atoms with E-state index in [9.17, 15) is 14.0 Å². The Morgan fingerprint density at radius 1 is 1.03 bits per heavy atom. The molecule has 0 amide bonds. The van der Waals surface area contributed by atoms with Gasteiger partial charge in [0.2, 0.25) is 0 Å². The third-order valence-electron chi connectivity index (χ3n) is 5.37. The molecule has 6 nitrogen and oxygen atoms in total. The van der Waals surface area contributed by atoms with Gasteiger partial charge in [-0.2, -0.15) is 0 Å². The summed E-state index contributed by atoms with van der Waals surface area (Å²) in [6.07, 6.45) is 0. The van der Waals surface area contributed by atoms with E-state index in [4.69, 9.17) is 9.47 Å². The number of hydrogen-bond acceptors (Lipinski definition) is 5. The maximum absolute atomic E-state index is 14.4. The Kier molecular flexibility index (Phi) is 5.41. The molecule has 0 radical (unpaired) electrons. The first-order valence-electron chi connectivity index (χ1n) is 9.58. The van der Waals surface area contributed by atoms with Crippen molar-refractivity contribution >= 4 is 21.6 Å². The van der Waals surface area contributed by atoms with Gasteiger partial charge in [-0.25, -0.2) is 13.8 Å². The van der Waals surface area contributed by atoms with E-state index in [0.29, 0.717) is 33.0 Å². The third kappa shape index (κ3) is 3.42. The molecule has 2 aromatic heterocycles. The molecule has 2 aromatic carbocycles. The number of halogens is 1. The lowest BCUT2D eigenvalue weighted by Crippen LogP contribution is -2.39. The van der Waals surface area contributed by atoms with Crippen molar-refractivity contribution in [2.24, 2.45) is 0 Å². The first-order chi connectivity index (χ1) is 14.9. The fourth-order valence-corrected chi connectivity index (χ4v) is 4.72. The van der Waals surface area contributed by atoms with Crippen LogP contribution in [0.15, 0.2) is 52.1 Å². The van der Waals surface area contributed by atoms with Gasteiger partial charge in [0.05, 0.1) is 31.8 Å². The molecule has 0 atom stereocenters. The van der Waals surface area contributed by atoms with E-state index in [0.717, 1.165) is 15.0 Å². The van der Waals surface area contributed by atoms with Gasteiger partial charge in [0.25, 0.3) is 5.56 Å². The van der Waals surface area contributed by atoms with Crippen LogP contribution in [0.5, 0.6) is 11.5 Å². The van der Waals surface area contributed by atoms with Gasteiger partial charge in [-0.1, -0.05) is 18.2 Å². The molecule has 2 heterocycles. The maximum atomic E-state index is 14.4. The highest BCUT2D eigenvalue weighted by Crippen LogP contribution is 2.30. The number of thiophene rings is 1. The molecular weight excluding hydrogens is 419 g/mol. The van der Waals surface area contributed by atoms with Crippen molar-refractivity contribution in [2.45, 2.75) is 20.4 Å². The van der Waals surface area contributed by atoms with Crippen LogP contribution in [0.1, 0.15) is 16.0 Å². The highest BCUT2D eigenvalue weighted by molar-refractivity contribution is 7.18. The molecule has 0 bridgehead atoms. The predicted octanol–water partition coefficient (Wildman–Crippen LogP) is 4.04. The summed E-state index contributed by atoms with van der Waals surface area (Å²) in [5.74, 6) is 0.441. The van der Waals surface area contributed by atoms with Crippen molar-refractivity contribution in [3.63, 3.8) is 0 Å². The molecule has 0 aliphatic rings. The van der Waals surface area contributed by atoms with E-state index in [1.54, 1.807) is 36.4 Å². The van der Waals surface area contributed by atoms with Crippen LogP contribution in [0.25, 0.3) is 15.9 Å². The normalized spacial score (nSPS) is 11.1. The van der Waals surface area contributed by atoms with E-state index in [1.807, 2.05) is 13.8 Å². The number of fused-ring (bicyclic) bond motifs is 1. The molecule has 4 aromatic rings. The first-order valence-corrected chi connectivity index (χ1v) is 10.4. The van der Waals surface area contributed by atoms with Gasteiger partial charge in [-0.05, 0) is 37.6 Å². The van der Waals surface area contributed by atoms with Crippen molar-refractivity contribution in [1.82, 2.24) is 9.13 Å². The molecule has 160 valence electrons. The molecule has 0 aliphatic carbocycles. The minimum absolute atomic E-state index is 0.000149. The Morgan fingerprint density at radius 2 is 1.77 bits per heavy atom. The van der Waals surface area contributed by atoms with Gasteiger partial charge in [0.1, 0.15) is 22.1 Å². The van der Waals surface area contributed by atoms with Gasteiger partial charge in [0.15, 0.2) is 0 Å². The Hall–Kier alpha value is -3.39. The number of benzene rings is 2. The minimum Gasteiger partial charge on any atom is -0.497 e. The SMILES string of the molecule is COc1ccc(-n2c(=O)c3c(C)c(C)sc3n(Cc3ccccc3F)c2=O)c(OC)c1. The molecule has 0 spiro atoms.